The first kappa shape index (κ1) is 12.5. The van der Waals surface area contributed by atoms with Crippen LogP contribution in [0.2, 0.25) is 0 Å². The first-order valence-corrected chi connectivity index (χ1v) is 5.42. The number of aliphatic hydroxyl groups is 1. The highest BCUT2D eigenvalue weighted by Gasteiger charge is 2.40. The van der Waals surface area contributed by atoms with Crippen LogP contribution in [0.3, 0.4) is 0 Å². The number of aliphatic hydroxyl groups excluding tert-OH is 1. The molecule has 2 atom stereocenters. The van der Waals surface area contributed by atoms with Crippen molar-refractivity contribution in [1.82, 2.24) is 5.32 Å². The minimum atomic E-state index is -0.511. The first-order valence-electron chi connectivity index (χ1n) is 5.42. The van der Waals surface area contributed by atoms with Gasteiger partial charge in [0, 0.05) is 5.54 Å². The van der Waals surface area contributed by atoms with Gasteiger partial charge in [0.05, 0.1) is 13.2 Å². The summed E-state index contributed by atoms with van der Waals surface area (Å²) in [5, 5.41) is 12.8. The number of methoxy groups -OCH3 is 1. The molecule has 1 aliphatic carbocycles. The predicted molar refractivity (Wildman–Crippen MR) is 57.4 cm³/mol. The van der Waals surface area contributed by atoms with Gasteiger partial charge in [-0.05, 0) is 39.5 Å². The Kier molecular flexibility index (Phi) is 3.73. The highest BCUT2D eigenvalue weighted by Crippen LogP contribution is 2.34. The third-order valence-electron chi connectivity index (χ3n) is 3.12. The van der Waals surface area contributed by atoms with E-state index in [9.17, 15) is 9.90 Å². The Balaban J connectivity index is 2.62. The van der Waals surface area contributed by atoms with Crippen molar-refractivity contribution < 1.29 is 14.6 Å². The summed E-state index contributed by atoms with van der Waals surface area (Å²) in [5.74, 6) is 0.140. The highest BCUT2D eigenvalue weighted by atomic mass is 16.5. The van der Waals surface area contributed by atoms with Crippen LogP contribution in [0.5, 0.6) is 0 Å². The molecule has 1 rings (SSSR count). The van der Waals surface area contributed by atoms with Crippen molar-refractivity contribution in [2.75, 3.05) is 7.11 Å². The summed E-state index contributed by atoms with van der Waals surface area (Å²) in [7, 11) is 1.40. The molecule has 0 aliphatic heterocycles. The van der Waals surface area contributed by atoms with Gasteiger partial charge >= 0.3 is 5.97 Å². The smallest absolute Gasteiger partial charge is 0.323 e. The number of carbonyl (C=O) groups is 1. The lowest BCUT2D eigenvalue weighted by Gasteiger charge is -2.33. The fourth-order valence-corrected chi connectivity index (χ4v) is 1.45. The molecule has 88 valence electrons. The minimum absolute atomic E-state index is 0.230. The van der Waals surface area contributed by atoms with Crippen LogP contribution in [-0.2, 0) is 9.53 Å². The van der Waals surface area contributed by atoms with E-state index >= 15 is 0 Å². The van der Waals surface area contributed by atoms with Crippen LogP contribution < -0.4 is 5.32 Å². The van der Waals surface area contributed by atoms with E-state index in [1.807, 2.05) is 13.8 Å². The zero-order chi connectivity index (χ0) is 11.6. The normalized spacial score (nSPS) is 20.9. The molecule has 0 aromatic carbocycles. The van der Waals surface area contributed by atoms with Crippen molar-refractivity contribution in [3.8, 4) is 0 Å². The summed E-state index contributed by atoms with van der Waals surface area (Å²) in [4.78, 5) is 11.5. The highest BCUT2D eigenvalue weighted by molar-refractivity contribution is 5.76. The fraction of sp³-hybridized carbons (Fsp3) is 0.909. The molecule has 0 spiro atoms. The van der Waals surface area contributed by atoms with Crippen molar-refractivity contribution in [2.45, 2.75) is 51.3 Å². The largest absolute Gasteiger partial charge is 0.468 e. The standard InChI is InChI=1S/C11H21NO3/c1-7(13)11(2,3)12-9(8-5-6-8)10(14)15-4/h7-9,12-13H,5-6H2,1-4H3. The molecule has 4 heteroatoms. The van der Waals surface area contributed by atoms with Gasteiger partial charge in [0.1, 0.15) is 6.04 Å². The van der Waals surface area contributed by atoms with Crippen LogP contribution in [0, 0.1) is 5.92 Å². The monoisotopic (exact) mass is 215 g/mol. The molecule has 4 nitrogen and oxygen atoms in total. The summed E-state index contributed by atoms with van der Waals surface area (Å²) >= 11 is 0. The molecule has 1 aliphatic rings. The summed E-state index contributed by atoms with van der Waals surface area (Å²) < 4.78 is 4.76. The maximum absolute atomic E-state index is 11.5. The molecule has 0 aromatic rings. The van der Waals surface area contributed by atoms with E-state index in [0.29, 0.717) is 5.92 Å². The number of rotatable bonds is 5. The van der Waals surface area contributed by atoms with Crippen LogP contribution >= 0.6 is 0 Å². The van der Waals surface area contributed by atoms with Crippen LogP contribution in [0.4, 0.5) is 0 Å². The Morgan fingerprint density at radius 2 is 2.07 bits per heavy atom. The fourth-order valence-electron chi connectivity index (χ4n) is 1.45. The van der Waals surface area contributed by atoms with Gasteiger partial charge in [0.15, 0.2) is 0 Å². The molecule has 0 heterocycles. The second-order valence-electron chi connectivity index (χ2n) is 4.88. The predicted octanol–water partition coefficient (Wildman–Crippen LogP) is 0.687. The quantitative estimate of drug-likeness (QED) is 0.662. The van der Waals surface area contributed by atoms with Gasteiger partial charge in [0.25, 0.3) is 0 Å². The molecule has 0 aromatic heterocycles. The topological polar surface area (TPSA) is 58.6 Å². The average molecular weight is 215 g/mol. The lowest BCUT2D eigenvalue weighted by atomic mass is 9.96. The Labute approximate surface area is 91.0 Å². The zero-order valence-corrected chi connectivity index (χ0v) is 9.91. The molecule has 0 bridgehead atoms. The molecule has 1 saturated carbocycles. The number of esters is 1. The average Bonchev–Trinajstić information content (AvgIpc) is 2.96. The Morgan fingerprint density at radius 3 is 2.40 bits per heavy atom. The van der Waals surface area contributed by atoms with Crippen LogP contribution in [0.1, 0.15) is 33.6 Å². The molecule has 2 unspecified atom stereocenters. The molecule has 15 heavy (non-hydrogen) atoms. The van der Waals surface area contributed by atoms with Crippen molar-refractivity contribution in [2.24, 2.45) is 5.92 Å². The second kappa shape index (κ2) is 4.49. The van der Waals surface area contributed by atoms with E-state index in [0.717, 1.165) is 12.8 Å². The number of hydrogen-bond donors (Lipinski definition) is 2. The third kappa shape index (κ3) is 3.18. The molecule has 2 N–H and O–H groups in total. The van der Waals surface area contributed by atoms with Crippen molar-refractivity contribution in [1.29, 1.82) is 0 Å². The Morgan fingerprint density at radius 1 is 1.53 bits per heavy atom. The minimum Gasteiger partial charge on any atom is -0.468 e. The van der Waals surface area contributed by atoms with E-state index in [2.05, 4.69) is 5.32 Å². The van der Waals surface area contributed by atoms with Gasteiger partial charge < -0.3 is 9.84 Å². The van der Waals surface area contributed by atoms with Gasteiger partial charge in [-0.3, -0.25) is 10.1 Å². The van der Waals surface area contributed by atoms with Crippen LogP contribution in [0.15, 0.2) is 0 Å². The number of hydrogen-bond acceptors (Lipinski definition) is 4. The zero-order valence-electron chi connectivity index (χ0n) is 9.91. The Hall–Kier alpha value is -0.610. The summed E-state index contributed by atoms with van der Waals surface area (Å²) in [6.07, 6.45) is 1.61. The molecule has 0 saturated heterocycles. The van der Waals surface area contributed by atoms with Crippen LogP contribution in [0.25, 0.3) is 0 Å². The molecular formula is C11H21NO3. The van der Waals surface area contributed by atoms with E-state index < -0.39 is 11.6 Å². The lowest BCUT2D eigenvalue weighted by Crippen LogP contribution is -2.56. The van der Waals surface area contributed by atoms with Crippen molar-refractivity contribution in [3.05, 3.63) is 0 Å². The van der Waals surface area contributed by atoms with Gasteiger partial charge in [-0.25, -0.2) is 0 Å². The Bertz CT molecular complexity index is 234. The SMILES string of the molecule is COC(=O)C(NC(C)(C)C(C)O)C1CC1. The van der Waals surface area contributed by atoms with Gasteiger partial charge in [-0.1, -0.05) is 0 Å². The molecule has 1 fully saturated rings. The first-order chi connectivity index (χ1) is 6.88. The van der Waals surface area contributed by atoms with Crippen molar-refractivity contribution in [3.63, 3.8) is 0 Å². The van der Waals surface area contributed by atoms with Gasteiger partial charge in [-0.15, -0.1) is 0 Å². The number of carbonyl (C=O) groups excluding carboxylic acids is 1. The van der Waals surface area contributed by atoms with Crippen LogP contribution in [-0.4, -0.2) is 35.9 Å². The van der Waals surface area contributed by atoms with E-state index in [1.165, 1.54) is 7.11 Å². The molecular weight excluding hydrogens is 194 g/mol. The van der Waals surface area contributed by atoms with Crippen molar-refractivity contribution >= 4 is 5.97 Å². The lowest BCUT2D eigenvalue weighted by molar-refractivity contribution is -0.144. The van der Waals surface area contributed by atoms with Gasteiger partial charge in [0.2, 0.25) is 0 Å². The van der Waals surface area contributed by atoms with E-state index in [1.54, 1.807) is 6.92 Å². The summed E-state index contributed by atoms with van der Waals surface area (Å²) in [5.41, 5.74) is -0.471. The number of ether oxygens (including phenoxy) is 1. The maximum atomic E-state index is 11.5. The number of nitrogens with one attached hydrogen (secondary N) is 1. The van der Waals surface area contributed by atoms with E-state index in [-0.39, 0.29) is 12.0 Å². The third-order valence-corrected chi connectivity index (χ3v) is 3.12. The second-order valence-corrected chi connectivity index (χ2v) is 4.88. The molecule has 0 amide bonds. The maximum Gasteiger partial charge on any atom is 0.323 e. The van der Waals surface area contributed by atoms with Gasteiger partial charge in [-0.2, -0.15) is 0 Å². The van der Waals surface area contributed by atoms with E-state index in [4.69, 9.17) is 4.74 Å². The summed E-state index contributed by atoms with van der Waals surface area (Å²) in [6, 6.07) is -0.278. The summed E-state index contributed by atoms with van der Waals surface area (Å²) in [6.45, 7) is 5.49. The molecule has 0 radical (unpaired) electrons.